The smallest absolute Gasteiger partial charge is 0.317 e. The van der Waals surface area contributed by atoms with Crippen LogP contribution in [0, 0.1) is 5.92 Å². The van der Waals surface area contributed by atoms with E-state index in [-0.39, 0.29) is 42.7 Å². The zero-order chi connectivity index (χ0) is 29.2. The van der Waals surface area contributed by atoms with Crippen LogP contribution in [0.5, 0.6) is 5.75 Å². The van der Waals surface area contributed by atoms with E-state index in [1.54, 1.807) is 9.80 Å². The lowest BCUT2D eigenvalue weighted by Gasteiger charge is -2.36. The van der Waals surface area contributed by atoms with Crippen molar-refractivity contribution in [2.75, 3.05) is 52.3 Å². The molecule has 4 atom stereocenters. The van der Waals surface area contributed by atoms with Gasteiger partial charge in [-0.15, -0.1) is 0 Å². The van der Waals surface area contributed by atoms with E-state index >= 15 is 0 Å². The predicted octanol–water partition coefficient (Wildman–Crippen LogP) is 4.52. The van der Waals surface area contributed by atoms with E-state index in [2.05, 4.69) is 12.2 Å². The number of carbonyl (C=O) groups is 2. The number of nitrogens with one attached hydrogen (secondary N) is 1. The van der Waals surface area contributed by atoms with Crippen LogP contribution in [0.2, 0.25) is 0 Å². The molecule has 1 aliphatic carbocycles. The van der Waals surface area contributed by atoms with E-state index in [4.69, 9.17) is 9.47 Å². The van der Waals surface area contributed by atoms with Gasteiger partial charge in [-0.25, -0.2) is 4.79 Å². The molecule has 9 heteroatoms. The van der Waals surface area contributed by atoms with Gasteiger partial charge >= 0.3 is 6.03 Å². The number of aliphatic hydroxyl groups is 1. The third kappa shape index (κ3) is 8.99. The molecule has 2 aliphatic rings. The van der Waals surface area contributed by atoms with Crippen LogP contribution in [-0.2, 0) is 4.74 Å². The molecule has 1 fully saturated rings. The fraction of sp³-hybridized carbons (Fsp3) is 0.742. The van der Waals surface area contributed by atoms with Crippen LogP contribution in [0.25, 0.3) is 0 Å². The molecule has 0 radical (unpaired) electrons. The Labute approximate surface area is 241 Å². The number of fused-ring (bicyclic) bond motifs is 1. The molecule has 0 aromatic heterocycles. The number of anilines is 1. The topological polar surface area (TPSA) is 94.6 Å². The van der Waals surface area contributed by atoms with E-state index in [0.29, 0.717) is 31.0 Å². The van der Waals surface area contributed by atoms with Crippen LogP contribution in [0.1, 0.15) is 82.5 Å². The van der Waals surface area contributed by atoms with Crippen molar-refractivity contribution in [3.8, 4) is 5.75 Å². The van der Waals surface area contributed by atoms with Crippen molar-refractivity contribution in [2.24, 2.45) is 5.92 Å². The molecule has 226 valence electrons. The average molecular weight is 561 g/mol. The van der Waals surface area contributed by atoms with Gasteiger partial charge < -0.3 is 34.6 Å². The predicted molar refractivity (Wildman–Crippen MR) is 159 cm³/mol. The fourth-order valence-corrected chi connectivity index (χ4v) is 5.54. The van der Waals surface area contributed by atoms with Crippen LogP contribution >= 0.6 is 0 Å². The van der Waals surface area contributed by atoms with E-state index in [9.17, 15) is 14.7 Å². The first kappa shape index (κ1) is 32.0. The lowest BCUT2D eigenvalue weighted by Crippen LogP contribution is -2.50. The normalized spacial score (nSPS) is 24.3. The number of carbonyl (C=O) groups excluding carboxylic acids is 2. The maximum atomic E-state index is 14.1. The van der Waals surface area contributed by atoms with Crippen molar-refractivity contribution in [1.82, 2.24) is 15.1 Å². The number of ether oxygens (including phenoxy) is 2. The minimum absolute atomic E-state index is 0.0623. The summed E-state index contributed by atoms with van der Waals surface area (Å²) in [5.41, 5.74) is 1.39. The van der Waals surface area contributed by atoms with E-state index in [1.807, 2.05) is 58.1 Å². The van der Waals surface area contributed by atoms with Crippen molar-refractivity contribution < 1.29 is 24.2 Å². The Morgan fingerprint density at radius 3 is 2.48 bits per heavy atom. The highest BCUT2D eigenvalue weighted by atomic mass is 16.5. The van der Waals surface area contributed by atoms with Gasteiger partial charge in [0.2, 0.25) is 0 Å². The second kappa shape index (κ2) is 15.5. The molecule has 0 bridgehead atoms. The second-order valence-corrected chi connectivity index (χ2v) is 12.0. The van der Waals surface area contributed by atoms with Gasteiger partial charge in [-0.1, -0.05) is 26.2 Å². The zero-order valence-corrected chi connectivity index (χ0v) is 25.5. The average Bonchev–Trinajstić information content (AvgIpc) is 2.94. The number of urea groups is 1. The van der Waals surface area contributed by atoms with E-state index in [0.717, 1.165) is 50.6 Å². The van der Waals surface area contributed by atoms with Gasteiger partial charge in [-0.2, -0.15) is 0 Å². The molecule has 2 N–H and O–H groups in total. The summed E-state index contributed by atoms with van der Waals surface area (Å²) in [6.07, 6.45) is 7.97. The standard InChI is InChI=1S/C31H52N4O5/c1-22-19-35(23(2)21-36)30(37)27-18-26(33(4)5)15-16-28(27)40-24(3)12-10-11-17-39-29(22)20-34(6)31(38)32-25-13-8-7-9-14-25/h15-16,18,22-25,29,36H,7-14,17,19-21H2,1-6H3,(H,32,38)/t22-,23+,24-,29+/m0/s1. The van der Waals surface area contributed by atoms with Gasteiger partial charge in [-0.3, -0.25) is 4.79 Å². The van der Waals surface area contributed by atoms with Gasteiger partial charge in [0, 0.05) is 58.5 Å². The van der Waals surface area contributed by atoms with Crippen molar-refractivity contribution in [1.29, 1.82) is 0 Å². The minimum atomic E-state index is -0.399. The Kier molecular flexibility index (Phi) is 12.4. The molecule has 0 spiro atoms. The quantitative estimate of drug-likeness (QED) is 0.531. The highest BCUT2D eigenvalue weighted by Gasteiger charge is 2.31. The molecular formula is C31H52N4O5. The molecule has 1 aliphatic heterocycles. The monoisotopic (exact) mass is 560 g/mol. The Balaban J connectivity index is 1.85. The van der Waals surface area contributed by atoms with Crippen LogP contribution in [0.4, 0.5) is 10.5 Å². The van der Waals surface area contributed by atoms with Crippen molar-refractivity contribution >= 4 is 17.6 Å². The maximum absolute atomic E-state index is 14.1. The van der Waals surface area contributed by atoms with Gasteiger partial charge in [-0.05, 0) is 64.2 Å². The largest absolute Gasteiger partial charge is 0.490 e. The number of nitrogens with zero attached hydrogens (tertiary/aromatic N) is 3. The Bertz CT molecular complexity index is 952. The van der Waals surface area contributed by atoms with Gasteiger partial charge in [0.15, 0.2) is 0 Å². The summed E-state index contributed by atoms with van der Waals surface area (Å²) in [5.74, 6) is 0.305. The van der Waals surface area contributed by atoms with Crippen molar-refractivity contribution in [3.63, 3.8) is 0 Å². The zero-order valence-electron chi connectivity index (χ0n) is 25.5. The lowest BCUT2D eigenvalue weighted by atomic mass is 9.96. The van der Waals surface area contributed by atoms with Gasteiger partial charge in [0.25, 0.3) is 5.91 Å². The number of hydrogen-bond acceptors (Lipinski definition) is 6. The molecule has 1 heterocycles. The first-order valence-electron chi connectivity index (χ1n) is 15.1. The fourth-order valence-electron chi connectivity index (χ4n) is 5.54. The summed E-state index contributed by atoms with van der Waals surface area (Å²) in [5, 5.41) is 13.3. The summed E-state index contributed by atoms with van der Waals surface area (Å²) < 4.78 is 12.7. The number of hydrogen-bond donors (Lipinski definition) is 2. The Hall–Kier alpha value is -2.52. The number of likely N-dealkylation sites (N-methyl/N-ethyl adjacent to an activating group) is 1. The maximum Gasteiger partial charge on any atom is 0.317 e. The van der Waals surface area contributed by atoms with Crippen LogP contribution in [-0.4, -0.2) is 98.6 Å². The molecule has 9 nitrogen and oxygen atoms in total. The lowest BCUT2D eigenvalue weighted by molar-refractivity contribution is -0.0123. The third-order valence-corrected chi connectivity index (χ3v) is 8.28. The molecule has 3 amide bonds. The van der Waals surface area contributed by atoms with Crippen LogP contribution < -0.4 is 15.0 Å². The first-order chi connectivity index (χ1) is 19.1. The molecule has 40 heavy (non-hydrogen) atoms. The van der Waals surface area contributed by atoms with E-state index < -0.39 is 6.04 Å². The number of aliphatic hydroxyl groups excluding tert-OH is 1. The summed E-state index contributed by atoms with van der Waals surface area (Å²) >= 11 is 0. The SMILES string of the molecule is C[C@H](CO)N1C[C@H](C)[C@@H](CN(C)C(=O)NC2CCCCC2)OCCCC[C@H](C)Oc2ccc(N(C)C)cc2C1=O. The second-order valence-electron chi connectivity index (χ2n) is 12.0. The first-order valence-corrected chi connectivity index (χ1v) is 15.1. The molecule has 1 aromatic carbocycles. The Morgan fingerprint density at radius 1 is 1.10 bits per heavy atom. The van der Waals surface area contributed by atoms with Crippen LogP contribution in [0.15, 0.2) is 18.2 Å². The molecule has 1 aromatic rings. The number of benzene rings is 1. The minimum Gasteiger partial charge on any atom is -0.490 e. The highest BCUT2D eigenvalue weighted by molar-refractivity contribution is 5.98. The molecule has 0 unspecified atom stereocenters. The summed E-state index contributed by atoms with van der Waals surface area (Å²) in [4.78, 5) is 32.5. The van der Waals surface area contributed by atoms with Crippen LogP contribution in [0.3, 0.4) is 0 Å². The molecule has 1 saturated carbocycles. The summed E-state index contributed by atoms with van der Waals surface area (Å²) in [6.45, 7) is 7.16. The highest BCUT2D eigenvalue weighted by Crippen LogP contribution is 2.29. The molecule has 3 rings (SSSR count). The number of amides is 3. The van der Waals surface area contributed by atoms with Gasteiger partial charge in [0.1, 0.15) is 5.75 Å². The summed E-state index contributed by atoms with van der Waals surface area (Å²) in [7, 11) is 5.70. The number of rotatable bonds is 6. The summed E-state index contributed by atoms with van der Waals surface area (Å²) in [6, 6.07) is 5.47. The van der Waals surface area contributed by atoms with Crippen molar-refractivity contribution in [2.45, 2.75) is 96.4 Å². The Morgan fingerprint density at radius 2 is 1.80 bits per heavy atom. The molecule has 0 saturated heterocycles. The van der Waals surface area contributed by atoms with Crippen molar-refractivity contribution in [3.05, 3.63) is 23.8 Å². The molecular weight excluding hydrogens is 508 g/mol. The van der Waals surface area contributed by atoms with E-state index in [1.165, 1.54) is 6.42 Å². The third-order valence-electron chi connectivity index (χ3n) is 8.28. The van der Waals surface area contributed by atoms with Gasteiger partial charge in [0.05, 0.1) is 30.4 Å².